The van der Waals surface area contributed by atoms with Crippen LogP contribution in [0.1, 0.15) is 19.8 Å². The molecule has 4 aromatic rings. The summed E-state index contributed by atoms with van der Waals surface area (Å²) in [4.78, 5) is 30.3. The Labute approximate surface area is 172 Å². The third-order valence-electron chi connectivity index (χ3n) is 6.49. The molecule has 0 aromatic carbocycles. The summed E-state index contributed by atoms with van der Waals surface area (Å²) >= 11 is 0. The molecule has 0 bridgehead atoms. The third-order valence-corrected chi connectivity index (χ3v) is 6.49. The molecule has 2 N–H and O–H groups in total. The minimum Gasteiger partial charge on any atom is -0.351 e. The van der Waals surface area contributed by atoms with Crippen LogP contribution in [0.2, 0.25) is 0 Å². The Kier molecular flexibility index (Phi) is 3.77. The molecule has 0 radical (unpaired) electrons. The first-order valence-corrected chi connectivity index (χ1v) is 10.3. The number of anilines is 1. The average molecular weight is 402 g/mol. The van der Waals surface area contributed by atoms with Gasteiger partial charge < -0.3 is 15.2 Å². The van der Waals surface area contributed by atoms with Gasteiger partial charge in [0.05, 0.1) is 5.69 Å². The Morgan fingerprint density at radius 3 is 2.83 bits per heavy atom. The predicted octanol–water partition coefficient (Wildman–Crippen LogP) is 2.34. The van der Waals surface area contributed by atoms with Crippen LogP contribution in [0.3, 0.4) is 0 Å². The lowest BCUT2D eigenvalue weighted by Crippen LogP contribution is -2.29. The zero-order chi connectivity index (χ0) is 20.2. The smallest absolute Gasteiger partial charge is 0.224 e. The Balaban J connectivity index is 1.21. The molecule has 0 spiro atoms. The SMILES string of the molecule is CC(=O)N1C[C@H]2CC(Nc3ncc4c(-c5ccc6nccn6n5)c[nH]c4n3)C[C@H]2C1. The van der Waals surface area contributed by atoms with Gasteiger partial charge in [0, 0.05) is 61.8 Å². The molecular weight excluding hydrogens is 380 g/mol. The van der Waals surface area contributed by atoms with Gasteiger partial charge in [0.25, 0.3) is 0 Å². The van der Waals surface area contributed by atoms with Crippen LogP contribution < -0.4 is 5.32 Å². The normalized spacial score (nSPS) is 23.4. The van der Waals surface area contributed by atoms with Crippen molar-refractivity contribution in [2.75, 3.05) is 18.4 Å². The summed E-state index contributed by atoms with van der Waals surface area (Å²) in [5.74, 6) is 1.99. The lowest BCUT2D eigenvalue weighted by Gasteiger charge is -2.18. The number of imidazole rings is 1. The van der Waals surface area contributed by atoms with Gasteiger partial charge >= 0.3 is 0 Å². The summed E-state index contributed by atoms with van der Waals surface area (Å²) in [5, 5.41) is 9.06. The monoisotopic (exact) mass is 402 g/mol. The maximum Gasteiger partial charge on any atom is 0.224 e. The molecule has 4 aromatic heterocycles. The Morgan fingerprint density at radius 2 is 2.03 bits per heavy atom. The minimum atomic E-state index is 0.187. The number of carbonyl (C=O) groups is 1. The standard InChI is InChI=1S/C21H22N8O/c1-12(30)28-10-13-6-15(7-14(13)11-28)25-21-24-9-17-16(8-23-20(17)26-21)18-2-3-19-22-4-5-29(19)27-18/h2-5,8-9,13-15H,6-7,10-11H2,1H3,(H2,23,24,25,26)/t13-,14+,15?. The van der Waals surface area contributed by atoms with Crippen molar-refractivity contribution in [3.8, 4) is 11.3 Å². The maximum absolute atomic E-state index is 11.6. The number of aromatic nitrogens is 6. The van der Waals surface area contributed by atoms with Crippen molar-refractivity contribution in [2.45, 2.75) is 25.8 Å². The fourth-order valence-electron chi connectivity index (χ4n) is 5.01. The van der Waals surface area contributed by atoms with Crippen molar-refractivity contribution in [2.24, 2.45) is 11.8 Å². The lowest BCUT2D eigenvalue weighted by molar-refractivity contribution is -0.128. The molecule has 9 heteroatoms. The van der Waals surface area contributed by atoms with Gasteiger partial charge in [-0.2, -0.15) is 10.1 Å². The molecule has 1 saturated carbocycles. The molecule has 9 nitrogen and oxygen atoms in total. The zero-order valence-electron chi connectivity index (χ0n) is 16.6. The second-order valence-electron chi connectivity index (χ2n) is 8.36. The third kappa shape index (κ3) is 2.80. The van der Waals surface area contributed by atoms with Crippen LogP contribution in [0.4, 0.5) is 5.95 Å². The van der Waals surface area contributed by atoms with E-state index in [9.17, 15) is 4.79 Å². The fourth-order valence-corrected chi connectivity index (χ4v) is 5.01. The largest absolute Gasteiger partial charge is 0.351 e. The van der Waals surface area contributed by atoms with Gasteiger partial charge in [-0.15, -0.1) is 0 Å². The first-order valence-electron chi connectivity index (χ1n) is 10.3. The van der Waals surface area contributed by atoms with Crippen LogP contribution in [-0.4, -0.2) is 59.5 Å². The highest BCUT2D eigenvalue weighted by Gasteiger charge is 2.41. The molecule has 1 aliphatic heterocycles. The number of H-pyrrole nitrogens is 1. The van der Waals surface area contributed by atoms with Crippen LogP contribution in [-0.2, 0) is 4.79 Å². The van der Waals surface area contributed by atoms with E-state index in [1.165, 1.54) is 0 Å². The average Bonchev–Trinajstić information content (AvgIpc) is 3.49. The number of rotatable bonds is 3. The van der Waals surface area contributed by atoms with Gasteiger partial charge in [-0.25, -0.2) is 14.5 Å². The number of nitrogens with one attached hydrogen (secondary N) is 2. The predicted molar refractivity (Wildman–Crippen MR) is 112 cm³/mol. The van der Waals surface area contributed by atoms with Crippen LogP contribution in [0, 0.1) is 11.8 Å². The highest BCUT2D eigenvalue weighted by atomic mass is 16.2. The number of hydrogen-bond acceptors (Lipinski definition) is 6. The van der Waals surface area contributed by atoms with Gasteiger partial charge in [0.1, 0.15) is 5.65 Å². The maximum atomic E-state index is 11.6. The van der Waals surface area contributed by atoms with E-state index in [1.807, 2.05) is 35.6 Å². The minimum absolute atomic E-state index is 0.187. The van der Waals surface area contributed by atoms with E-state index >= 15 is 0 Å². The lowest BCUT2D eigenvalue weighted by atomic mass is 10.0. The van der Waals surface area contributed by atoms with Crippen molar-refractivity contribution >= 4 is 28.5 Å². The van der Waals surface area contributed by atoms with Gasteiger partial charge in [0.15, 0.2) is 5.65 Å². The number of carbonyl (C=O) groups excluding carboxylic acids is 1. The topological polar surface area (TPSA) is 104 Å². The quantitative estimate of drug-likeness (QED) is 0.545. The summed E-state index contributed by atoms with van der Waals surface area (Å²) in [6.45, 7) is 3.42. The van der Waals surface area contributed by atoms with Gasteiger partial charge in [0.2, 0.25) is 11.9 Å². The number of hydrogen-bond donors (Lipinski definition) is 2. The molecule has 1 unspecified atom stereocenters. The Bertz CT molecular complexity index is 1250. The summed E-state index contributed by atoms with van der Waals surface area (Å²) in [5.41, 5.74) is 3.41. The summed E-state index contributed by atoms with van der Waals surface area (Å²) in [7, 11) is 0. The van der Waals surface area contributed by atoms with Crippen molar-refractivity contribution in [1.82, 2.24) is 34.4 Å². The Hall–Kier alpha value is -3.49. The molecule has 5 heterocycles. The highest BCUT2D eigenvalue weighted by Crippen LogP contribution is 2.39. The van der Waals surface area contributed by atoms with E-state index in [4.69, 9.17) is 0 Å². The van der Waals surface area contributed by atoms with E-state index in [2.05, 4.69) is 30.4 Å². The summed E-state index contributed by atoms with van der Waals surface area (Å²) < 4.78 is 1.76. The van der Waals surface area contributed by atoms with E-state index in [0.29, 0.717) is 23.8 Å². The number of likely N-dealkylation sites (tertiary alicyclic amines) is 1. The zero-order valence-corrected chi connectivity index (χ0v) is 16.6. The van der Waals surface area contributed by atoms with E-state index in [0.717, 1.165) is 53.9 Å². The highest BCUT2D eigenvalue weighted by molar-refractivity contribution is 5.92. The van der Waals surface area contributed by atoms with Crippen LogP contribution in [0.15, 0.2) is 36.9 Å². The molecule has 1 saturated heterocycles. The molecular formula is C21H22N8O. The number of aromatic amines is 1. The number of amides is 1. The molecule has 6 rings (SSSR count). The second-order valence-corrected chi connectivity index (χ2v) is 8.36. The summed E-state index contributed by atoms with van der Waals surface area (Å²) in [6.07, 6.45) is 9.45. The van der Waals surface area contributed by atoms with Crippen molar-refractivity contribution < 1.29 is 4.79 Å². The van der Waals surface area contributed by atoms with Crippen LogP contribution in [0.25, 0.3) is 27.9 Å². The van der Waals surface area contributed by atoms with E-state index < -0.39 is 0 Å². The molecule has 3 atom stereocenters. The van der Waals surface area contributed by atoms with Gasteiger partial charge in [-0.3, -0.25) is 4.79 Å². The number of nitrogens with zero attached hydrogens (tertiary/aromatic N) is 6. The van der Waals surface area contributed by atoms with Crippen molar-refractivity contribution in [3.05, 3.63) is 36.9 Å². The molecule has 2 fully saturated rings. The van der Waals surface area contributed by atoms with Gasteiger partial charge in [-0.1, -0.05) is 0 Å². The first kappa shape index (κ1) is 17.4. The van der Waals surface area contributed by atoms with Crippen molar-refractivity contribution in [3.63, 3.8) is 0 Å². The second kappa shape index (κ2) is 6.51. The first-order chi connectivity index (χ1) is 14.6. The Morgan fingerprint density at radius 1 is 1.20 bits per heavy atom. The fraction of sp³-hybridized carbons (Fsp3) is 0.381. The van der Waals surface area contributed by atoms with E-state index in [-0.39, 0.29) is 5.91 Å². The molecule has 152 valence electrons. The van der Waals surface area contributed by atoms with Crippen LogP contribution in [0.5, 0.6) is 0 Å². The molecule has 30 heavy (non-hydrogen) atoms. The number of fused-ring (bicyclic) bond motifs is 3. The summed E-state index contributed by atoms with van der Waals surface area (Å²) in [6, 6.07) is 4.26. The molecule has 1 amide bonds. The van der Waals surface area contributed by atoms with Crippen molar-refractivity contribution in [1.29, 1.82) is 0 Å². The van der Waals surface area contributed by atoms with E-state index in [1.54, 1.807) is 17.6 Å². The van der Waals surface area contributed by atoms with Crippen LogP contribution >= 0.6 is 0 Å². The molecule has 2 aliphatic rings. The molecule has 1 aliphatic carbocycles. The van der Waals surface area contributed by atoms with Gasteiger partial charge in [-0.05, 0) is 36.8 Å².